The lowest BCUT2D eigenvalue weighted by atomic mass is 9.98. The zero-order chi connectivity index (χ0) is 15.2. The van der Waals surface area contributed by atoms with Crippen molar-refractivity contribution in [2.45, 2.75) is 25.3 Å². The van der Waals surface area contributed by atoms with Gasteiger partial charge in [0.05, 0.1) is 17.6 Å². The summed E-state index contributed by atoms with van der Waals surface area (Å²) in [6.45, 7) is 1.92. The number of ether oxygens (including phenoxy) is 1. The molecule has 108 valence electrons. The number of halogens is 1. The first-order valence-electron chi connectivity index (χ1n) is 6.09. The molecule has 1 aromatic rings. The molecule has 0 amide bonds. The van der Waals surface area contributed by atoms with Gasteiger partial charge in [0.25, 0.3) is 0 Å². The first-order chi connectivity index (χ1) is 9.41. The number of hydrogen-bond acceptors (Lipinski definition) is 5. The fraction of sp³-hybridized carbons (Fsp3) is 0.462. The Morgan fingerprint density at radius 1 is 1.60 bits per heavy atom. The van der Waals surface area contributed by atoms with Crippen molar-refractivity contribution in [3.05, 3.63) is 34.1 Å². The zero-order valence-electron chi connectivity index (χ0n) is 11.4. The van der Waals surface area contributed by atoms with E-state index >= 15 is 0 Å². The van der Waals surface area contributed by atoms with E-state index in [1.54, 1.807) is 14.0 Å². The number of nitriles is 1. The average Bonchev–Trinajstić information content (AvgIpc) is 2.43. The van der Waals surface area contributed by atoms with Crippen LogP contribution in [-0.2, 0) is 0 Å². The maximum atomic E-state index is 13.1. The SMILES string of the molecule is CNC(C)(C#N)CCCOc1cc(F)ccc1[N+](=O)[O-]. The summed E-state index contributed by atoms with van der Waals surface area (Å²) in [7, 11) is 1.68. The second-order valence-corrected chi connectivity index (χ2v) is 4.52. The fourth-order valence-corrected chi connectivity index (χ4v) is 1.60. The van der Waals surface area contributed by atoms with E-state index in [0.717, 1.165) is 18.2 Å². The summed E-state index contributed by atoms with van der Waals surface area (Å²) < 4.78 is 18.3. The second-order valence-electron chi connectivity index (χ2n) is 4.52. The summed E-state index contributed by atoms with van der Waals surface area (Å²) in [6.07, 6.45) is 1.03. The van der Waals surface area contributed by atoms with Crippen LogP contribution < -0.4 is 10.1 Å². The van der Waals surface area contributed by atoms with Crippen LogP contribution in [0.25, 0.3) is 0 Å². The Kier molecular flexibility index (Phi) is 5.41. The normalized spacial score (nSPS) is 13.3. The molecule has 0 aromatic heterocycles. The third kappa shape index (κ3) is 4.17. The molecule has 20 heavy (non-hydrogen) atoms. The van der Waals surface area contributed by atoms with Gasteiger partial charge in [-0.3, -0.25) is 10.1 Å². The van der Waals surface area contributed by atoms with Gasteiger partial charge in [-0.05, 0) is 32.9 Å². The number of nitro benzene ring substituents is 1. The van der Waals surface area contributed by atoms with Crippen LogP contribution in [0.4, 0.5) is 10.1 Å². The average molecular weight is 281 g/mol. The van der Waals surface area contributed by atoms with E-state index in [9.17, 15) is 14.5 Å². The third-order valence-corrected chi connectivity index (χ3v) is 3.00. The van der Waals surface area contributed by atoms with Gasteiger partial charge in [-0.2, -0.15) is 5.26 Å². The lowest BCUT2D eigenvalue weighted by molar-refractivity contribution is -0.385. The van der Waals surface area contributed by atoms with Crippen LogP contribution >= 0.6 is 0 Å². The van der Waals surface area contributed by atoms with E-state index in [4.69, 9.17) is 10.00 Å². The Hall–Kier alpha value is -2.20. The van der Waals surface area contributed by atoms with Gasteiger partial charge in [0.2, 0.25) is 0 Å². The Balaban J connectivity index is 2.61. The number of nitrogens with one attached hydrogen (secondary N) is 1. The monoisotopic (exact) mass is 281 g/mol. The molecule has 0 bridgehead atoms. The van der Waals surface area contributed by atoms with Crippen LogP contribution in [0.1, 0.15) is 19.8 Å². The highest BCUT2D eigenvalue weighted by molar-refractivity contribution is 5.46. The fourth-order valence-electron chi connectivity index (χ4n) is 1.60. The van der Waals surface area contributed by atoms with E-state index in [-0.39, 0.29) is 18.0 Å². The minimum Gasteiger partial charge on any atom is -0.487 e. The highest BCUT2D eigenvalue weighted by atomic mass is 19.1. The lowest BCUT2D eigenvalue weighted by Crippen LogP contribution is -2.38. The quantitative estimate of drug-likeness (QED) is 0.471. The van der Waals surface area contributed by atoms with E-state index in [2.05, 4.69) is 11.4 Å². The minimum atomic E-state index is -0.669. The number of nitro groups is 1. The van der Waals surface area contributed by atoms with Crippen molar-refractivity contribution in [2.75, 3.05) is 13.7 Å². The highest BCUT2D eigenvalue weighted by Gasteiger charge is 2.21. The third-order valence-electron chi connectivity index (χ3n) is 3.00. The molecule has 1 rings (SSSR count). The van der Waals surface area contributed by atoms with Crippen molar-refractivity contribution in [2.24, 2.45) is 0 Å². The lowest BCUT2D eigenvalue weighted by Gasteiger charge is -2.20. The first-order valence-corrected chi connectivity index (χ1v) is 6.09. The molecule has 0 saturated heterocycles. The van der Waals surface area contributed by atoms with Crippen molar-refractivity contribution in [3.8, 4) is 11.8 Å². The molecule has 0 aliphatic carbocycles. The maximum Gasteiger partial charge on any atom is 0.311 e. The highest BCUT2D eigenvalue weighted by Crippen LogP contribution is 2.27. The maximum absolute atomic E-state index is 13.1. The van der Waals surface area contributed by atoms with E-state index in [0.29, 0.717) is 12.8 Å². The number of benzene rings is 1. The Bertz CT molecular complexity index is 530. The van der Waals surface area contributed by atoms with Crippen LogP contribution in [0.5, 0.6) is 5.75 Å². The summed E-state index contributed by atoms with van der Waals surface area (Å²) in [5.74, 6) is -0.694. The molecular weight excluding hydrogens is 265 g/mol. The number of rotatable bonds is 7. The molecule has 1 aromatic carbocycles. The summed E-state index contributed by atoms with van der Waals surface area (Å²) in [4.78, 5) is 10.1. The Morgan fingerprint density at radius 3 is 2.85 bits per heavy atom. The molecule has 1 N–H and O–H groups in total. The predicted octanol–water partition coefficient (Wildman–Crippen LogP) is 2.39. The van der Waals surface area contributed by atoms with Gasteiger partial charge in [-0.1, -0.05) is 0 Å². The van der Waals surface area contributed by atoms with Gasteiger partial charge >= 0.3 is 5.69 Å². The predicted molar refractivity (Wildman–Crippen MR) is 70.9 cm³/mol. The van der Waals surface area contributed by atoms with Crippen LogP contribution in [0.3, 0.4) is 0 Å². The molecule has 7 heteroatoms. The standard InChI is InChI=1S/C13H16FN3O3/c1-13(9-15,16-2)6-3-7-20-12-8-10(14)4-5-11(12)17(18)19/h4-5,8,16H,3,6-7H2,1-2H3. The van der Waals surface area contributed by atoms with Gasteiger partial charge in [-0.25, -0.2) is 4.39 Å². The van der Waals surface area contributed by atoms with Crippen LogP contribution in [0, 0.1) is 27.3 Å². The van der Waals surface area contributed by atoms with Crippen LogP contribution in [0.2, 0.25) is 0 Å². The smallest absolute Gasteiger partial charge is 0.311 e. The van der Waals surface area contributed by atoms with Crippen molar-refractivity contribution in [1.29, 1.82) is 5.26 Å². The molecule has 0 aliphatic rings. The molecule has 1 unspecified atom stereocenters. The van der Waals surface area contributed by atoms with Gasteiger partial charge in [0, 0.05) is 12.1 Å². The first kappa shape index (κ1) is 15.9. The molecule has 1 atom stereocenters. The summed E-state index contributed by atoms with van der Waals surface area (Å²) in [5, 5.41) is 22.6. The largest absolute Gasteiger partial charge is 0.487 e. The van der Waals surface area contributed by atoms with Gasteiger partial charge in [-0.15, -0.1) is 0 Å². The Labute approximate surface area is 116 Å². The zero-order valence-corrected chi connectivity index (χ0v) is 11.4. The Morgan fingerprint density at radius 2 is 2.30 bits per heavy atom. The van der Waals surface area contributed by atoms with Crippen LogP contribution in [-0.4, -0.2) is 24.1 Å². The van der Waals surface area contributed by atoms with Crippen LogP contribution in [0.15, 0.2) is 18.2 Å². The summed E-state index contributed by atoms with van der Waals surface area (Å²) in [6, 6.07) is 5.20. The molecule has 6 nitrogen and oxygen atoms in total. The number of hydrogen-bond donors (Lipinski definition) is 1. The van der Waals surface area contributed by atoms with E-state index in [1.807, 2.05) is 0 Å². The van der Waals surface area contributed by atoms with Gasteiger partial charge in [0.1, 0.15) is 11.4 Å². The molecule has 0 aliphatic heterocycles. The summed E-state index contributed by atoms with van der Waals surface area (Å²) in [5.41, 5.74) is -0.944. The topological polar surface area (TPSA) is 88.2 Å². The molecule has 0 saturated carbocycles. The van der Waals surface area contributed by atoms with E-state index < -0.39 is 16.3 Å². The van der Waals surface area contributed by atoms with Crippen molar-refractivity contribution in [1.82, 2.24) is 5.32 Å². The van der Waals surface area contributed by atoms with Crippen molar-refractivity contribution >= 4 is 5.69 Å². The van der Waals surface area contributed by atoms with Crippen molar-refractivity contribution in [3.63, 3.8) is 0 Å². The molecule has 0 heterocycles. The van der Waals surface area contributed by atoms with E-state index in [1.165, 1.54) is 0 Å². The minimum absolute atomic E-state index is 0.0990. The molecule has 0 fully saturated rings. The second kappa shape index (κ2) is 6.82. The van der Waals surface area contributed by atoms with Gasteiger partial charge < -0.3 is 10.1 Å². The number of nitrogens with zero attached hydrogens (tertiary/aromatic N) is 2. The van der Waals surface area contributed by atoms with Gasteiger partial charge in [0.15, 0.2) is 5.75 Å². The van der Waals surface area contributed by atoms with Crippen molar-refractivity contribution < 1.29 is 14.1 Å². The summed E-state index contributed by atoms with van der Waals surface area (Å²) >= 11 is 0. The molecule has 0 radical (unpaired) electrons. The molecular formula is C13H16FN3O3. The molecule has 0 spiro atoms.